The minimum absolute atomic E-state index is 0.306. The van der Waals surface area contributed by atoms with Gasteiger partial charge in [0.1, 0.15) is 11.6 Å². The fraction of sp³-hybridized carbons (Fsp3) is 0.182. The number of aromatic amines is 1. The van der Waals surface area contributed by atoms with E-state index in [1.807, 2.05) is 25.1 Å². The minimum atomic E-state index is -0.306. The summed E-state index contributed by atoms with van der Waals surface area (Å²) in [5.41, 5.74) is 7.53. The van der Waals surface area contributed by atoms with E-state index in [-0.39, 0.29) is 5.82 Å². The molecular weight excluding hydrogens is 207 g/mol. The standard InChI is InChI=1S/C11H13FN4/c1-16(2)9-5-3-4-8(12)10(9)7-6-14-15-11(7)13/h3-6H,1-2H3,(H3,13,14,15). The van der Waals surface area contributed by atoms with Crippen LogP contribution in [0.2, 0.25) is 0 Å². The third-order valence-corrected chi connectivity index (χ3v) is 2.41. The van der Waals surface area contributed by atoms with Crippen LogP contribution in [0.25, 0.3) is 11.1 Å². The lowest BCUT2D eigenvalue weighted by Crippen LogP contribution is -2.10. The van der Waals surface area contributed by atoms with E-state index in [4.69, 9.17) is 5.73 Å². The molecule has 4 nitrogen and oxygen atoms in total. The van der Waals surface area contributed by atoms with E-state index in [0.29, 0.717) is 16.9 Å². The molecule has 0 spiro atoms. The van der Waals surface area contributed by atoms with E-state index < -0.39 is 0 Å². The summed E-state index contributed by atoms with van der Waals surface area (Å²) in [4.78, 5) is 1.84. The van der Waals surface area contributed by atoms with Gasteiger partial charge in [-0.1, -0.05) is 6.07 Å². The molecule has 3 N–H and O–H groups in total. The van der Waals surface area contributed by atoms with Crippen LogP contribution in [0.5, 0.6) is 0 Å². The number of benzene rings is 1. The molecule has 0 amide bonds. The molecule has 0 unspecified atom stereocenters. The van der Waals surface area contributed by atoms with Gasteiger partial charge >= 0.3 is 0 Å². The molecule has 0 radical (unpaired) electrons. The predicted molar refractivity (Wildman–Crippen MR) is 62.7 cm³/mol. The summed E-state index contributed by atoms with van der Waals surface area (Å²) in [7, 11) is 3.71. The Bertz CT molecular complexity index is 504. The van der Waals surface area contributed by atoms with Crippen molar-refractivity contribution in [2.75, 3.05) is 24.7 Å². The molecule has 1 heterocycles. The van der Waals surface area contributed by atoms with Gasteiger partial charge in [-0.2, -0.15) is 5.10 Å². The number of nitrogens with one attached hydrogen (secondary N) is 1. The van der Waals surface area contributed by atoms with Gasteiger partial charge in [-0.3, -0.25) is 5.10 Å². The largest absolute Gasteiger partial charge is 0.384 e. The molecule has 1 aromatic carbocycles. The van der Waals surface area contributed by atoms with E-state index in [9.17, 15) is 4.39 Å². The number of anilines is 2. The Labute approximate surface area is 92.9 Å². The Kier molecular flexibility index (Phi) is 2.52. The maximum atomic E-state index is 13.8. The van der Waals surface area contributed by atoms with Crippen LogP contribution in [-0.4, -0.2) is 24.3 Å². The normalized spacial score (nSPS) is 10.4. The van der Waals surface area contributed by atoms with E-state index in [2.05, 4.69) is 10.2 Å². The van der Waals surface area contributed by atoms with Crippen LogP contribution in [0, 0.1) is 5.82 Å². The van der Waals surface area contributed by atoms with Crippen molar-refractivity contribution in [1.82, 2.24) is 10.2 Å². The molecule has 0 aliphatic carbocycles. The van der Waals surface area contributed by atoms with Crippen LogP contribution in [0.4, 0.5) is 15.9 Å². The Morgan fingerprint density at radius 3 is 2.69 bits per heavy atom. The van der Waals surface area contributed by atoms with Crippen LogP contribution in [0.3, 0.4) is 0 Å². The minimum Gasteiger partial charge on any atom is -0.384 e. The topological polar surface area (TPSA) is 57.9 Å². The molecule has 0 atom stereocenters. The molecule has 2 aromatic rings. The smallest absolute Gasteiger partial charge is 0.133 e. The molecular formula is C11H13FN4. The average Bonchev–Trinajstić information content (AvgIpc) is 2.64. The molecule has 16 heavy (non-hydrogen) atoms. The summed E-state index contributed by atoms with van der Waals surface area (Å²) in [6.45, 7) is 0. The number of hydrogen-bond donors (Lipinski definition) is 2. The number of nitrogens with two attached hydrogens (primary N) is 1. The van der Waals surface area contributed by atoms with Crippen LogP contribution in [0.15, 0.2) is 24.4 Å². The molecule has 1 aromatic heterocycles. The first-order valence-corrected chi connectivity index (χ1v) is 4.86. The highest BCUT2D eigenvalue weighted by Crippen LogP contribution is 2.34. The summed E-state index contributed by atoms with van der Waals surface area (Å²) in [5, 5.41) is 6.41. The summed E-state index contributed by atoms with van der Waals surface area (Å²) in [6.07, 6.45) is 1.53. The van der Waals surface area contributed by atoms with Gasteiger partial charge in [0.15, 0.2) is 0 Å². The lowest BCUT2D eigenvalue weighted by atomic mass is 10.1. The highest BCUT2D eigenvalue weighted by atomic mass is 19.1. The van der Waals surface area contributed by atoms with Crippen molar-refractivity contribution in [3.63, 3.8) is 0 Å². The average molecular weight is 220 g/mol. The van der Waals surface area contributed by atoms with Crippen LogP contribution < -0.4 is 10.6 Å². The van der Waals surface area contributed by atoms with Gasteiger partial charge in [-0.05, 0) is 12.1 Å². The van der Waals surface area contributed by atoms with Crippen molar-refractivity contribution in [3.05, 3.63) is 30.2 Å². The van der Waals surface area contributed by atoms with Crippen molar-refractivity contribution >= 4 is 11.5 Å². The highest BCUT2D eigenvalue weighted by Gasteiger charge is 2.15. The number of rotatable bonds is 2. The third kappa shape index (κ3) is 1.60. The monoisotopic (exact) mass is 220 g/mol. The summed E-state index contributed by atoms with van der Waals surface area (Å²) < 4.78 is 13.8. The van der Waals surface area contributed by atoms with Crippen LogP contribution in [0.1, 0.15) is 0 Å². The zero-order valence-corrected chi connectivity index (χ0v) is 9.16. The van der Waals surface area contributed by atoms with Gasteiger partial charge in [-0.25, -0.2) is 4.39 Å². The van der Waals surface area contributed by atoms with Crippen molar-refractivity contribution in [3.8, 4) is 11.1 Å². The first-order valence-electron chi connectivity index (χ1n) is 4.86. The molecule has 2 rings (SSSR count). The highest BCUT2D eigenvalue weighted by molar-refractivity contribution is 5.84. The molecule has 0 fully saturated rings. The lowest BCUT2D eigenvalue weighted by molar-refractivity contribution is 0.631. The Morgan fingerprint density at radius 2 is 2.12 bits per heavy atom. The molecule has 0 saturated carbocycles. The predicted octanol–water partition coefficient (Wildman–Crippen LogP) is 1.86. The zero-order chi connectivity index (χ0) is 11.7. The second kappa shape index (κ2) is 3.84. The van der Waals surface area contributed by atoms with Crippen LogP contribution >= 0.6 is 0 Å². The number of nitrogens with zero attached hydrogens (tertiary/aromatic N) is 2. The first kappa shape index (κ1) is 10.5. The van der Waals surface area contributed by atoms with Crippen molar-refractivity contribution < 1.29 is 4.39 Å². The summed E-state index contributed by atoms with van der Waals surface area (Å²) >= 11 is 0. The summed E-state index contributed by atoms with van der Waals surface area (Å²) in [6, 6.07) is 4.92. The fourth-order valence-electron chi connectivity index (χ4n) is 1.65. The van der Waals surface area contributed by atoms with Gasteiger partial charge in [0.2, 0.25) is 0 Å². The number of nitrogen functional groups attached to an aromatic ring is 1. The Balaban J connectivity index is 2.68. The maximum Gasteiger partial charge on any atom is 0.133 e. The van der Waals surface area contributed by atoms with Crippen molar-refractivity contribution in [2.45, 2.75) is 0 Å². The van der Waals surface area contributed by atoms with Gasteiger partial charge in [0.05, 0.1) is 6.20 Å². The number of H-pyrrole nitrogens is 1. The number of aromatic nitrogens is 2. The van der Waals surface area contributed by atoms with Gasteiger partial charge in [0, 0.05) is 30.9 Å². The van der Waals surface area contributed by atoms with E-state index in [1.54, 1.807) is 6.07 Å². The fourth-order valence-corrected chi connectivity index (χ4v) is 1.65. The third-order valence-electron chi connectivity index (χ3n) is 2.41. The Hall–Kier alpha value is -2.04. The zero-order valence-electron chi connectivity index (χ0n) is 9.16. The number of halogens is 1. The second-order valence-corrected chi connectivity index (χ2v) is 3.73. The van der Waals surface area contributed by atoms with Crippen molar-refractivity contribution in [2.24, 2.45) is 0 Å². The first-order chi connectivity index (χ1) is 7.61. The SMILES string of the molecule is CN(C)c1cccc(F)c1-c1cn[nH]c1N. The second-order valence-electron chi connectivity index (χ2n) is 3.73. The summed E-state index contributed by atoms with van der Waals surface area (Å²) in [5.74, 6) is 0.0625. The number of hydrogen-bond acceptors (Lipinski definition) is 3. The molecule has 84 valence electrons. The molecule has 0 bridgehead atoms. The van der Waals surface area contributed by atoms with Gasteiger partial charge in [0.25, 0.3) is 0 Å². The quantitative estimate of drug-likeness (QED) is 0.812. The van der Waals surface area contributed by atoms with Crippen LogP contribution in [-0.2, 0) is 0 Å². The lowest BCUT2D eigenvalue weighted by Gasteiger charge is -2.17. The molecule has 0 aliphatic heterocycles. The van der Waals surface area contributed by atoms with Gasteiger partial charge in [-0.15, -0.1) is 0 Å². The molecule has 0 saturated heterocycles. The van der Waals surface area contributed by atoms with E-state index in [1.165, 1.54) is 12.3 Å². The van der Waals surface area contributed by atoms with E-state index >= 15 is 0 Å². The van der Waals surface area contributed by atoms with Crippen molar-refractivity contribution in [1.29, 1.82) is 0 Å². The maximum absolute atomic E-state index is 13.8. The Morgan fingerprint density at radius 1 is 1.38 bits per heavy atom. The molecule has 0 aliphatic rings. The van der Waals surface area contributed by atoms with E-state index in [0.717, 1.165) is 5.69 Å². The van der Waals surface area contributed by atoms with Gasteiger partial charge < -0.3 is 10.6 Å². The molecule has 5 heteroatoms.